The topological polar surface area (TPSA) is 68.4 Å². The molecule has 0 aliphatic carbocycles. The Labute approximate surface area is 150 Å². The molecule has 0 saturated heterocycles. The maximum atomic E-state index is 13.2. The number of hydrogen-bond acceptors (Lipinski definition) is 3. The van der Waals surface area contributed by atoms with E-state index in [9.17, 15) is 14.0 Å². The molecule has 3 aromatic rings. The van der Waals surface area contributed by atoms with E-state index in [0.717, 1.165) is 6.42 Å². The molecule has 6 nitrogen and oxygen atoms in total. The van der Waals surface area contributed by atoms with Crippen LogP contribution in [0, 0.1) is 11.7 Å². The van der Waals surface area contributed by atoms with Crippen LogP contribution in [0.2, 0.25) is 0 Å². The number of imidazole rings is 1. The number of halogens is 1. The summed E-state index contributed by atoms with van der Waals surface area (Å²) in [4.78, 5) is 29.1. The molecule has 2 aromatic heterocycles. The lowest BCUT2D eigenvalue weighted by Crippen LogP contribution is -2.28. The number of nitrogens with zero attached hydrogens (tertiary/aromatic N) is 3. The normalized spacial score (nSPS) is 12.3. The predicted molar refractivity (Wildman–Crippen MR) is 97.6 cm³/mol. The Morgan fingerprint density at radius 3 is 2.62 bits per heavy atom. The van der Waals surface area contributed by atoms with E-state index in [0.29, 0.717) is 23.7 Å². The summed E-state index contributed by atoms with van der Waals surface area (Å²) in [6.07, 6.45) is 4.21. The summed E-state index contributed by atoms with van der Waals surface area (Å²) >= 11 is 0. The molecule has 7 heteroatoms. The number of fused-ring (bicyclic) bond motifs is 1. The number of hydrogen-bond donors (Lipinski definition) is 1. The van der Waals surface area contributed by atoms with Crippen LogP contribution < -0.4 is 10.9 Å². The van der Waals surface area contributed by atoms with Crippen molar-refractivity contribution in [2.45, 2.75) is 20.3 Å². The van der Waals surface area contributed by atoms with Crippen LogP contribution in [0.4, 0.5) is 4.39 Å². The van der Waals surface area contributed by atoms with E-state index < -0.39 is 0 Å². The van der Waals surface area contributed by atoms with Crippen molar-refractivity contribution in [3.05, 3.63) is 58.5 Å². The van der Waals surface area contributed by atoms with Crippen molar-refractivity contribution >= 4 is 11.6 Å². The third-order valence-corrected chi connectivity index (χ3v) is 4.53. The molecule has 3 rings (SSSR count). The van der Waals surface area contributed by atoms with E-state index in [1.165, 1.54) is 22.9 Å². The Kier molecular flexibility index (Phi) is 4.88. The smallest absolute Gasteiger partial charge is 0.294 e. The molecule has 2 heterocycles. The van der Waals surface area contributed by atoms with Crippen molar-refractivity contribution < 1.29 is 9.18 Å². The van der Waals surface area contributed by atoms with Gasteiger partial charge in [0.05, 0.1) is 5.69 Å². The predicted octanol–water partition coefficient (Wildman–Crippen LogP) is 2.62. The van der Waals surface area contributed by atoms with Crippen LogP contribution in [0.1, 0.15) is 30.8 Å². The summed E-state index contributed by atoms with van der Waals surface area (Å²) in [5, 5.41) is 2.83. The molecule has 0 unspecified atom stereocenters. The third-order valence-electron chi connectivity index (χ3n) is 4.53. The highest BCUT2D eigenvalue weighted by atomic mass is 19.1. The highest BCUT2D eigenvalue weighted by molar-refractivity contribution is 5.92. The quantitative estimate of drug-likeness (QED) is 0.764. The number of carbonyl (C=O) groups is 1. The standard InChI is InChI=1S/C19H21FN4O2/c1-4-12(2)9-21-18(25)15-10-24-11-16(13-5-7-14(20)8-6-13)23(3)19(26)17(24)22-15/h5-8,10-12H,4,9H2,1-3H3,(H,21,25)/t12-/m0/s1. The summed E-state index contributed by atoms with van der Waals surface area (Å²) in [6, 6.07) is 5.89. The minimum absolute atomic E-state index is 0.173. The Hall–Kier alpha value is -2.96. The maximum absolute atomic E-state index is 13.2. The van der Waals surface area contributed by atoms with Gasteiger partial charge in [-0.3, -0.25) is 14.0 Å². The second-order valence-electron chi connectivity index (χ2n) is 6.47. The molecule has 26 heavy (non-hydrogen) atoms. The first-order chi connectivity index (χ1) is 12.4. The lowest BCUT2D eigenvalue weighted by atomic mass is 10.1. The second kappa shape index (κ2) is 7.11. The monoisotopic (exact) mass is 356 g/mol. The fourth-order valence-electron chi connectivity index (χ4n) is 2.63. The first-order valence-electron chi connectivity index (χ1n) is 8.53. The lowest BCUT2D eigenvalue weighted by Gasteiger charge is -2.09. The zero-order valence-corrected chi connectivity index (χ0v) is 15.0. The number of nitrogens with one attached hydrogen (secondary N) is 1. The molecule has 0 aliphatic heterocycles. The number of carbonyl (C=O) groups excluding carboxylic acids is 1. The SMILES string of the molecule is CC[C@H](C)CNC(=O)c1cn2cc(-c3ccc(F)cc3)n(C)c(=O)c2n1. The van der Waals surface area contributed by atoms with Gasteiger partial charge in [-0.25, -0.2) is 9.37 Å². The van der Waals surface area contributed by atoms with Crippen LogP contribution in [-0.4, -0.2) is 26.4 Å². The van der Waals surface area contributed by atoms with Crippen LogP contribution in [0.25, 0.3) is 16.9 Å². The number of amides is 1. The highest BCUT2D eigenvalue weighted by Crippen LogP contribution is 2.18. The van der Waals surface area contributed by atoms with Crippen molar-refractivity contribution in [3.63, 3.8) is 0 Å². The minimum atomic E-state index is -0.345. The average Bonchev–Trinajstić information content (AvgIpc) is 3.07. The molecule has 1 aromatic carbocycles. The summed E-state index contributed by atoms with van der Waals surface area (Å²) in [7, 11) is 1.62. The number of benzene rings is 1. The van der Waals surface area contributed by atoms with Gasteiger partial charge < -0.3 is 9.88 Å². The molecule has 0 radical (unpaired) electrons. The molecule has 1 atom stereocenters. The van der Waals surface area contributed by atoms with E-state index in [2.05, 4.69) is 24.1 Å². The van der Waals surface area contributed by atoms with Gasteiger partial charge in [0.2, 0.25) is 5.65 Å². The molecule has 0 spiro atoms. The Morgan fingerprint density at radius 2 is 1.96 bits per heavy atom. The lowest BCUT2D eigenvalue weighted by molar-refractivity contribution is 0.0943. The van der Waals surface area contributed by atoms with Gasteiger partial charge in [0.1, 0.15) is 11.5 Å². The molecule has 1 N–H and O–H groups in total. The molecule has 1 amide bonds. The van der Waals surface area contributed by atoms with Crippen LogP contribution in [0.3, 0.4) is 0 Å². The van der Waals surface area contributed by atoms with Gasteiger partial charge in [-0.1, -0.05) is 20.3 Å². The molecule has 0 saturated carbocycles. The summed E-state index contributed by atoms with van der Waals surface area (Å²) in [6.45, 7) is 4.67. The van der Waals surface area contributed by atoms with E-state index in [1.807, 2.05) is 0 Å². The van der Waals surface area contributed by atoms with Crippen LogP contribution >= 0.6 is 0 Å². The Morgan fingerprint density at radius 1 is 1.27 bits per heavy atom. The van der Waals surface area contributed by atoms with Gasteiger partial charge in [-0.15, -0.1) is 0 Å². The molecule has 136 valence electrons. The Bertz CT molecular complexity index is 1000. The van der Waals surface area contributed by atoms with E-state index in [4.69, 9.17) is 0 Å². The van der Waals surface area contributed by atoms with Crippen LogP contribution in [-0.2, 0) is 7.05 Å². The van der Waals surface area contributed by atoms with E-state index in [-0.39, 0.29) is 28.6 Å². The summed E-state index contributed by atoms with van der Waals surface area (Å²) in [5.41, 5.74) is 1.34. The average molecular weight is 356 g/mol. The fourth-order valence-corrected chi connectivity index (χ4v) is 2.63. The molecule has 0 aliphatic rings. The maximum Gasteiger partial charge on any atom is 0.294 e. The van der Waals surface area contributed by atoms with E-state index in [1.54, 1.807) is 29.8 Å². The second-order valence-corrected chi connectivity index (χ2v) is 6.47. The van der Waals surface area contributed by atoms with Crippen molar-refractivity contribution in [2.24, 2.45) is 13.0 Å². The van der Waals surface area contributed by atoms with Crippen molar-refractivity contribution in [1.29, 1.82) is 0 Å². The Balaban J connectivity index is 1.99. The number of aromatic nitrogens is 3. The van der Waals surface area contributed by atoms with Gasteiger partial charge in [-0.2, -0.15) is 0 Å². The molecule has 0 fully saturated rings. The van der Waals surface area contributed by atoms with E-state index >= 15 is 0 Å². The number of rotatable bonds is 5. The fraction of sp³-hybridized carbons (Fsp3) is 0.316. The zero-order valence-electron chi connectivity index (χ0n) is 15.0. The molecule has 0 bridgehead atoms. The van der Waals surface area contributed by atoms with Gasteiger partial charge in [0.15, 0.2) is 0 Å². The van der Waals surface area contributed by atoms with Crippen LogP contribution in [0.5, 0.6) is 0 Å². The van der Waals surface area contributed by atoms with Crippen LogP contribution in [0.15, 0.2) is 41.5 Å². The first kappa shape index (κ1) is 17.8. The first-order valence-corrected chi connectivity index (χ1v) is 8.53. The van der Waals surface area contributed by atoms with Gasteiger partial charge in [0.25, 0.3) is 11.5 Å². The van der Waals surface area contributed by atoms with Gasteiger partial charge in [0, 0.05) is 26.0 Å². The third kappa shape index (κ3) is 3.37. The minimum Gasteiger partial charge on any atom is -0.350 e. The van der Waals surface area contributed by atoms with Gasteiger partial charge >= 0.3 is 0 Å². The van der Waals surface area contributed by atoms with Crippen molar-refractivity contribution in [1.82, 2.24) is 19.3 Å². The summed E-state index contributed by atoms with van der Waals surface area (Å²) < 4.78 is 16.1. The van der Waals surface area contributed by atoms with Crippen molar-refractivity contribution in [2.75, 3.05) is 6.54 Å². The summed E-state index contributed by atoms with van der Waals surface area (Å²) in [5.74, 6) is -0.281. The largest absolute Gasteiger partial charge is 0.350 e. The molecular weight excluding hydrogens is 335 g/mol. The zero-order chi connectivity index (χ0) is 18.8. The highest BCUT2D eigenvalue weighted by Gasteiger charge is 2.16. The van der Waals surface area contributed by atoms with Crippen molar-refractivity contribution in [3.8, 4) is 11.3 Å². The molecular formula is C19H21FN4O2. The van der Waals surface area contributed by atoms with Gasteiger partial charge in [-0.05, 0) is 35.7 Å².